The molecule has 0 spiro atoms. The number of hydrogen-bond acceptors (Lipinski definition) is 5. The second-order valence-corrected chi connectivity index (χ2v) is 8.06. The Balaban J connectivity index is 1.34. The molecule has 3 aliphatic heterocycles. The monoisotopic (exact) mass is 417 g/mol. The van der Waals surface area contributed by atoms with Crippen LogP contribution in [-0.4, -0.2) is 60.3 Å². The summed E-state index contributed by atoms with van der Waals surface area (Å²) >= 11 is 11.6. The lowest BCUT2D eigenvalue weighted by Crippen LogP contribution is -2.51. The molecule has 0 amide bonds. The maximum absolute atomic E-state index is 6.07. The molecule has 4 rings (SSSR count). The van der Waals surface area contributed by atoms with E-state index >= 15 is 0 Å². The van der Waals surface area contributed by atoms with Gasteiger partial charge >= 0.3 is 0 Å². The number of benzene rings is 1. The van der Waals surface area contributed by atoms with Crippen LogP contribution in [0.5, 0.6) is 0 Å². The number of ether oxygens (including phenoxy) is 1. The number of aliphatic imine (C=N–C) groups is 1. The van der Waals surface area contributed by atoms with Gasteiger partial charge in [0.1, 0.15) is 6.10 Å². The maximum atomic E-state index is 6.07. The molecule has 0 bridgehead atoms. The average Bonchev–Trinajstić information content (AvgIpc) is 2.72. The van der Waals surface area contributed by atoms with Crippen LogP contribution in [0.4, 0.5) is 5.69 Å². The molecule has 0 radical (unpaired) electrons. The second-order valence-electron chi connectivity index (χ2n) is 7.19. The van der Waals surface area contributed by atoms with Crippen molar-refractivity contribution in [3.8, 4) is 0 Å². The quantitative estimate of drug-likeness (QED) is 0.592. The van der Waals surface area contributed by atoms with Gasteiger partial charge in [0.25, 0.3) is 0 Å². The largest absolute Gasteiger partial charge is 0.371 e. The van der Waals surface area contributed by atoms with E-state index in [9.17, 15) is 0 Å². The van der Waals surface area contributed by atoms with Crippen LogP contribution in [0.15, 0.2) is 45.6 Å². The summed E-state index contributed by atoms with van der Waals surface area (Å²) < 4.78 is 5.75. The normalized spacial score (nSPS) is 23.8. The van der Waals surface area contributed by atoms with Crippen molar-refractivity contribution in [2.75, 3.05) is 37.7 Å². The second kappa shape index (κ2) is 8.59. The Labute approximate surface area is 175 Å². The van der Waals surface area contributed by atoms with Crippen LogP contribution in [-0.2, 0) is 4.74 Å². The number of aryl methyl sites for hydroxylation is 1. The molecule has 6 nitrogen and oxygen atoms in total. The first kappa shape index (κ1) is 19.4. The minimum atomic E-state index is -0.0988. The summed E-state index contributed by atoms with van der Waals surface area (Å²) in [6.07, 6.45) is 2.96. The van der Waals surface area contributed by atoms with Crippen LogP contribution in [0.2, 0.25) is 0 Å². The molecular formula is C20H24ClN5OS. The van der Waals surface area contributed by atoms with Gasteiger partial charge in [-0.3, -0.25) is 10.4 Å². The fourth-order valence-corrected chi connectivity index (χ4v) is 4.08. The lowest BCUT2D eigenvalue weighted by Gasteiger charge is -2.37. The number of hydrazone groups is 1. The highest BCUT2D eigenvalue weighted by atomic mass is 35.5. The fourth-order valence-electron chi connectivity index (χ4n) is 3.66. The summed E-state index contributed by atoms with van der Waals surface area (Å²) in [7, 11) is 0. The number of halogens is 1. The van der Waals surface area contributed by atoms with Gasteiger partial charge < -0.3 is 14.5 Å². The minimum Gasteiger partial charge on any atom is -0.371 e. The van der Waals surface area contributed by atoms with Crippen LogP contribution < -0.4 is 10.3 Å². The molecule has 0 saturated carbocycles. The molecule has 3 aliphatic rings. The smallest absolute Gasteiger partial charge is 0.189 e. The lowest BCUT2D eigenvalue weighted by molar-refractivity contribution is 0.0989. The molecule has 1 aromatic rings. The Morgan fingerprint density at radius 3 is 2.93 bits per heavy atom. The molecule has 1 N–H and O–H groups in total. The number of anilines is 1. The standard InChI is InChI=1S/C20H24ClN5OS/c1-14-3-2-4-16(11-14)25-6-8-26(9-7-25)20(28)24-23-17-5-10-27-18-12-15(21)13-22-19(17)18/h2-4,11,13,18H,5-10,12H2,1H3,(H,24,28)/b23-17-. The molecule has 2 fully saturated rings. The van der Waals surface area contributed by atoms with Gasteiger partial charge in [-0.15, -0.1) is 0 Å². The molecule has 148 valence electrons. The Kier molecular flexibility index (Phi) is 5.94. The van der Waals surface area contributed by atoms with Gasteiger partial charge in [0.05, 0.1) is 18.0 Å². The van der Waals surface area contributed by atoms with E-state index in [-0.39, 0.29) is 6.10 Å². The van der Waals surface area contributed by atoms with Gasteiger partial charge in [0.15, 0.2) is 5.11 Å². The number of hydrogen-bond donors (Lipinski definition) is 1. The Morgan fingerprint density at radius 2 is 2.14 bits per heavy atom. The highest BCUT2D eigenvalue weighted by Crippen LogP contribution is 2.23. The van der Waals surface area contributed by atoms with E-state index in [0.29, 0.717) is 23.2 Å². The van der Waals surface area contributed by atoms with Crippen LogP contribution in [0.3, 0.4) is 0 Å². The van der Waals surface area contributed by atoms with Gasteiger partial charge in [-0.2, -0.15) is 5.10 Å². The third kappa shape index (κ3) is 4.37. The number of piperazine rings is 1. The lowest BCUT2D eigenvalue weighted by atomic mass is 10.00. The molecule has 1 aromatic carbocycles. The molecule has 1 atom stereocenters. The summed E-state index contributed by atoms with van der Waals surface area (Å²) in [4.78, 5) is 8.98. The zero-order valence-electron chi connectivity index (χ0n) is 15.9. The van der Waals surface area contributed by atoms with E-state index in [1.54, 1.807) is 6.20 Å². The van der Waals surface area contributed by atoms with Gasteiger partial charge in [0, 0.05) is 55.9 Å². The van der Waals surface area contributed by atoms with Crippen molar-refractivity contribution < 1.29 is 4.74 Å². The molecule has 3 heterocycles. The predicted molar refractivity (Wildman–Crippen MR) is 118 cm³/mol. The topological polar surface area (TPSA) is 52.5 Å². The Morgan fingerprint density at radius 1 is 1.32 bits per heavy atom. The minimum absolute atomic E-state index is 0.0988. The highest BCUT2D eigenvalue weighted by Gasteiger charge is 2.29. The number of rotatable bonds is 2. The van der Waals surface area contributed by atoms with Crippen LogP contribution in [0, 0.1) is 6.92 Å². The van der Waals surface area contributed by atoms with E-state index in [1.807, 2.05) is 0 Å². The van der Waals surface area contributed by atoms with Crippen LogP contribution >= 0.6 is 23.8 Å². The van der Waals surface area contributed by atoms with Crippen molar-refractivity contribution in [2.45, 2.75) is 25.9 Å². The number of nitrogens with zero attached hydrogens (tertiary/aromatic N) is 4. The van der Waals surface area contributed by atoms with E-state index in [0.717, 1.165) is 44.0 Å². The van der Waals surface area contributed by atoms with Crippen molar-refractivity contribution >= 4 is 46.0 Å². The first-order chi connectivity index (χ1) is 13.6. The zero-order chi connectivity index (χ0) is 19.5. The summed E-state index contributed by atoms with van der Waals surface area (Å²) in [5, 5.41) is 5.91. The summed E-state index contributed by atoms with van der Waals surface area (Å²) in [5.74, 6) is 0. The Hall–Kier alpha value is -1.96. The SMILES string of the molecule is Cc1cccc(N2CCN(C(=S)N/N=C3/CCOC4CC(Cl)=CN=C34)CC2)c1. The third-order valence-corrected chi connectivity index (χ3v) is 5.80. The predicted octanol–water partition coefficient (Wildman–Crippen LogP) is 3.06. The van der Waals surface area contributed by atoms with Gasteiger partial charge in [-0.1, -0.05) is 23.7 Å². The third-order valence-electron chi connectivity index (χ3n) is 5.20. The molecular weight excluding hydrogens is 394 g/mol. The van der Waals surface area contributed by atoms with Crippen molar-refractivity contribution in [3.05, 3.63) is 41.1 Å². The number of nitrogens with one attached hydrogen (secondary N) is 1. The van der Waals surface area contributed by atoms with E-state index in [4.69, 9.17) is 28.6 Å². The van der Waals surface area contributed by atoms with Crippen molar-refractivity contribution in [3.63, 3.8) is 0 Å². The molecule has 0 aromatic heterocycles. The highest BCUT2D eigenvalue weighted by molar-refractivity contribution is 7.80. The molecule has 2 saturated heterocycles. The summed E-state index contributed by atoms with van der Waals surface area (Å²) in [5.41, 5.74) is 7.38. The first-order valence-corrected chi connectivity index (χ1v) is 10.4. The van der Waals surface area contributed by atoms with Crippen molar-refractivity contribution in [1.29, 1.82) is 0 Å². The van der Waals surface area contributed by atoms with E-state index < -0.39 is 0 Å². The summed E-state index contributed by atoms with van der Waals surface area (Å²) in [6, 6.07) is 8.62. The zero-order valence-corrected chi connectivity index (χ0v) is 17.5. The molecule has 8 heteroatoms. The number of fused-ring (bicyclic) bond motifs is 1. The fraction of sp³-hybridized carbons (Fsp3) is 0.450. The van der Waals surface area contributed by atoms with Crippen molar-refractivity contribution in [1.82, 2.24) is 10.3 Å². The maximum Gasteiger partial charge on any atom is 0.189 e. The van der Waals surface area contributed by atoms with Gasteiger partial charge in [-0.25, -0.2) is 0 Å². The van der Waals surface area contributed by atoms with Crippen LogP contribution in [0.1, 0.15) is 18.4 Å². The van der Waals surface area contributed by atoms with Crippen molar-refractivity contribution in [2.24, 2.45) is 10.1 Å². The molecule has 28 heavy (non-hydrogen) atoms. The van der Waals surface area contributed by atoms with Gasteiger partial charge in [-0.05, 0) is 36.8 Å². The summed E-state index contributed by atoms with van der Waals surface area (Å²) in [6.45, 7) is 6.36. The first-order valence-electron chi connectivity index (χ1n) is 9.57. The molecule has 0 aliphatic carbocycles. The Bertz CT molecular complexity index is 845. The molecule has 1 unspecified atom stereocenters. The van der Waals surface area contributed by atoms with Crippen LogP contribution in [0.25, 0.3) is 0 Å². The van der Waals surface area contributed by atoms with E-state index in [2.05, 4.69) is 56.5 Å². The average molecular weight is 418 g/mol. The number of thiocarbonyl (C=S) groups is 1. The van der Waals surface area contributed by atoms with E-state index in [1.165, 1.54) is 11.3 Å². The van der Waals surface area contributed by atoms with Gasteiger partial charge in [0.2, 0.25) is 0 Å².